The number of carbonyl (C=O) groups is 2. The Hall–Kier alpha value is -3.10. The van der Waals surface area contributed by atoms with Crippen molar-refractivity contribution in [3.05, 3.63) is 53.6 Å². The first-order valence-corrected chi connectivity index (χ1v) is 10.3. The van der Waals surface area contributed by atoms with Crippen molar-refractivity contribution in [3.63, 3.8) is 0 Å². The van der Waals surface area contributed by atoms with Crippen LogP contribution in [0.25, 0.3) is 0 Å². The minimum Gasteiger partial charge on any atom is -0.454 e. The summed E-state index contributed by atoms with van der Waals surface area (Å²) in [6.07, 6.45) is -0.430. The molecule has 8 heteroatoms. The number of rotatable bonds is 6. The van der Waals surface area contributed by atoms with Crippen molar-refractivity contribution in [1.82, 2.24) is 4.90 Å². The molecule has 31 heavy (non-hydrogen) atoms. The Bertz CT molecular complexity index is 959. The van der Waals surface area contributed by atoms with Crippen LogP contribution < -0.4 is 14.8 Å². The third kappa shape index (κ3) is 4.50. The Morgan fingerprint density at radius 2 is 1.90 bits per heavy atom. The Labute approximate surface area is 180 Å². The number of amides is 2. The molecule has 0 bridgehead atoms. The average molecular weight is 426 g/mol. The molecule has 0 saturated carbocycles. The highest BCUT2D eigenvalue weighted by atomic mass is 16.7. The number of fused-ring (bicyclic) bond motifs is 1. The Kier molecular flexibility index (Phi) is 6.11. The molecule has 2 aromatic carbocycles. The molecule has 0 unspecified atom stereocenters. The second kappa shape index (κ2) is 8.95. The lowest BCUT2D eigenvalue weighted by molar-refractivity contribution is -0.161. The summed E-state index contributed by atoms with van der Waals surface area (Å²) in [5.74, 6) is 1.08. The summed E-state index contributed by atoms with van der Waals surface area (Å²) < 4.78 is 16.3. The normalized spacial score (nSPS) is 20.3. The standard InChI is InChI=1S/C23H26N2O6/c1-14(2)10-25-18(11-26)22(29-12-21(25)27)15-3-6-17(7-4-15)24-23(28)16-5-8-19-20(9-16)31-13-30-19/h3-9,14,18,22,26H,10-13H2,1-2H3,(H,24,28)/t18-,22-/m1/s1. The topological polar surface area (TPSA) is 97.3 Å². The van der Waals surface area contributed by atoms with Gasteiger partial charge in [0.1, 0.15) is 12.7 Å². The molecule has 2 heterocycles. The van der Waals surface area contributed by atoms with Gasteiger partial charge in [-0.25, -0.2) is 0 Å². The molecule has 0 radical (unpaired) electrons. The van der Waals surface area contributed by atoms with Crippen LogP contribution in [0.1, 0.15) is 35.9 Å². The van der Waals surface area contributed by atoms with Crippen LogP contribution in [0.3, 0.4) is 0 Å². The van der Waals surface area contributed by atoms with E-state index in [0.29, 0.717) is 29.3 Å². The molecule has 2 aromatic rings. The minimum absolute atomic E-state index is 0.0174. The summed E-state index contributed by atoms with van der Waals surface area (Å²) in [7, 11) is 0. The maximum atomic E-state index is 12.6. The van der Waals surface area contributed by atoms with Crippen LogP contribution in [0.15, 0.2) is 42.5 Å². The van der Waals surface area contributed by atoms with Crippen LogP contribution in [-0.4, -0.2) is 54.4 Å². The molecule has 2 amide bonds. The van der Waals surface area contributed by atoms with E-state index in [1.807, 2.05) is 26.0 Å². The number of ether oxygens (including phenoxy) is 3. The summed E-state index contributed by atoms with van der Waals surface area (Å²) >= 11 is 0. The highest BCUT2D eigenvalue weighted by molar-refractivity contribution is 6.04. The predicted octanol–water partition coefficient (Wildman–Crippen LogP) is 2.58. The Morgan fingerprint density at radius 3 is 2.61 bits per heavy atom. The van der Waals surface area contributed by atoms with E-state index in [2.05, 4.69) is 5.32 Å². The SMILES string of the molecule is CC(C)CN1C(=O)CO[C@H](c2ccc(NC(=O)c3ccc4c(c3)OCO4)cc2)[C@H]1CO. The summed E-state index contributed by atoms with van der Waals surface area (Å²) in [6.45, 7) is 4.57. The van der Waals surface area contributed by atoms with Gasteiger partial charge in [-0.05, 0) is 41.8 Å². The van der Waals surface area contributed by atoms with Gasteiger partial charge in [0.05, 0.1) is 12.6 Å². The second-order valence-corrected chi connectivity index (χ2v) is 8.07. The molecule has 2 aliphatic rings. The first kappa shape index (κ1) is 21.1. The van der Waals surface area contributed by atoms with Gasteiger partial charge in [-0.2, -0.15) is 0 Å². The van der Waals surface area contributed by atoms with Crippen molar-refractivity contribution in [3.8, 4) is 11.5 Å². The van der Waals surface area contributed by atoms with Crippen molar-refractivity contribution >= 4 is 17.5 Å². The van der Waals surface area contributed by atoms with Gasteiger partial charge in [-0.1, -0.05) is 26.0 Å². The number of morpholine rings is 1. The first-order chi connectivity index (χ1) is 15.0. The van der Waals surface area contributed by atoms with E-state index in [1.54, 1.807) is 35.2 Å². The largest absolute Gasteiger partial charge is 0.454 e. The van der Waals surface area contributed by atoms with Crippen molar-refractivity contribution < 1.29 is 28.9 Å². The monoisotopic (exact) mass is 426 g/mol. The number of aliphatic hydroxyl groups is 1. The third-order valence-corrected chi connectivity index (χ3v) is 5.34. The van der Waals surface area contributed by atoms with Gasteiger partial charge in [0, 0.05) is 17.8 Å². The summed E-state index contributed by atoms with van der Waals surface area (Å²) in [5.41, 5.74) is 1.92. The number of anilines is 1. The average Bonchev–Trinajstić information content (AvgIpc) is 3.23. The molecule has 0 aromatic heterocycles. The summed E-state index contributed by atoms with van der Waals surface area (Å²) in [5, 5.41) is 12.8. The van der Waals surface area contributed by atoms with E-state index in [4.69, 9.17) is 14.2 Å². The van der Waals surface area contributed by atoms with Crippen molar-refractivity contribution in [1.29, 1.82) is 0 Å². The molecule has 8 nitrogen and oxygen atoms in total. The van der Waals surface area contributed by atoms with Crippen molar-refractivity contribution in [2.24, 2.45) is 5.92 Å². The van der Waals surface area contributed by atoms with Crippen LogP contribution in [0, 0.1) is 5.92 Å². The van der Waals surface area contributed by atoms with Crippen LogP contribution in [0.2, 0.25) is 0 Å². The molecule has 164 valence electrons. The van der Waals surface area contributed by atoms with Gasteiger partial charge in [-0.15, -0.1) is 0 Å². The van der Waals surface area contributed by atoms with Crippen LogP contribution in [0.4, 0.5) is 5.69 Å². The smallest absolute Gasteiger partial charge is 0.255 e. The number of hydrogen-bond donors (Lipinski definition) is 2. The molecule has 0 aliphatic carbocycles. The second-order valence-electron chi connectivity index (χ2n) is 8.07. The quantitative estimate of drug-likeness (QED) is 0.737. The zero-order valence-electron chi connectivity index (χ0n) is 17.5. The maximum Gasteiger partial charge on any atom is 0.255 e. The molecule has 1 fully saturated rings. The van der Waals surface area contributed by atoms with Crippen LogP contribution >= 0.6 is 0 Å². The lowest BCUT2D eigenvalue weighted by atomic mass is 9.98. The van der Waals surface area contributed by atoms with Crippen molar-refractivity contribution in [2.45, 2.75) is 26.0 Å². The fourth-order valence-corrected chi connectivity index (χ4v) is 3.84. The fraction of sp³-hybridized carbons (Fsp3) is 0.391. The van der Waals surface area contributed by atoms with Gasteiger partial charge in [0.25, 0.3) is 5.91 Å². The lowest BCUT2D eigenvalue weighted by Crippen LogP contribution is -2.53. The number of nitrogens with zero attached hydrogens (tertiary/aromatic N) is 1. The zero-order chi connectivity index (χ0) is 22.0. The molecule has 0 spiro atoms. The van der Waals surface area contributed by atoms with Gasteiger partial charge in [0.2, 0.25) is 12.7 Å². The number of aliphatic hydroxyl groups excluding tert-OH is 1. The zero-order valence-corrected chi connectivity index (χ0v) is 17.5. The minimum atomic E-state index is -0.447. The van der Waals surface area contributed by atoms with E-state index in [-0.39, 0.29) is 37.7 Å². The highest BCUT2D eigenvalue weighted by Gasteiger charge is 2.37. The third-order valence-electron chi connectivity index (χ3n) is 5.34. The highest BCUT2D eigenvalue weighted by Crippen LogP contribution is 2.33. The molecular weight excluding hydrogens is 400 g/mol. The predicted molar refractivity (Wildman–Crippen MR) is 113 cm³/mol. The molecular formula is C23H26N2O6. The molecule has 4 rings (SSSR count). The number of nitrogens with one attached hydrogen (secondary N) is 1. The van der Waals surface area contributed by atoms with Gasteiger partial charge in [0.15, 0.2) is 11.5 Å². The van der Waals surface area contributed by atoms with Gasteiger partial charge < -0.3 is 29.5 Å². The van der Waals surface area contributed by atoms with E-state index in [9.17, 15) is 14.7 Å². The summed E-state index contributed by atoms with van der Waals surface area (Å²) in [4.78, 5) is 26.6. The number of carbonyl (C=O) groups excluding carboxylic acids is 2. The fourth-order valence-electron chi connectivity index (χ4n) is 3.84. The maximum absolute atomic E-state index is 12.6. The first-order valence-electron chi connectivity index (χ1n) is 10.3. The number of hydrogen-bond acceptors (Lipinski definition) is 6. The van der Waals surface area contributed by atoms with E-state index >= 15 is 0 Å². The van der Waals surface area contributed by atoms with Crippen molar-refractivity contribution in [2.75, 3.05) is 31.9 Å². The van der Waals surface area contributed by atoms with E-state index in [1.165, 1.54) is 0 Å². The van der Waals surface area contributed by atoms with Crippen LogP contribution in [-0.2, 0) is 9.53 Å². The number of benzene rings is 2. The molecule has 1 saturated heterocycles. The summed E-state index contributed by atoms with van der Waals surface area (Å²) in [6, 6.07) is 11.8. The van der Waals surface area contributed by atoms with E-state index in [0.717, 1.165) is 5.56 Å². The molecule has 2 atom stereocenters. The van der Waals surface area contributed by atoms with E-state index < -0.39 is 12.1 Å². The Morgan fingerprint density at radius 1 is 1.16 bits per heavy atom. The van der Waals surface area contributed by atoms with Crippen LogP contribution in [0.5, 0.6) is 11.5 Å². The van der Waals surface area contributed by atoms with Gasteiger partial charge >= 0.3 is 0 Å². The Balaban J connectivity index is 1.46. The lowest BCUT2D eigenvalue weighted by Gasteiger charge is -2.41. The van der Waals surface area contributed by atoms with Gasteiger partial charge in [-0.3, -0.25) is 9.59 Å². The molecule has 2 aliphatic heterocycles. The molecule has 2 N–H and O–H groups in total.